The summed E-state index contributed by atoms with van der Waals surface area (Å²) in [6.45, 7) is 9.66. The van der Waals surface area contributed by atoms with Crippen LogP contribution in [-0.2, 0) is 0 Å². The van der Waals surface area contributed by atoms with Crippen LogP contribution in [0.1, 0.15) is 43.6 Å². The molecule has 38 heavy (non-hydrogen) atoms. The molecule has 0 aliphatic carbocycles. The summed E-state index contributed by atoms with van der Waals surface area (Å²) >= 11 is 11.9. The second kappa shape index (κ2) is 12.3. The van der Waals surface area contributed by atoms with Crippen molar-refractivity contribution in [1.82, 2.24) is 0 Å². The highest BCUT2D eigenvalue weighted by atomic mass is 35.5. The van der Waals surface area contributed by atoms with Crippen LogP contribution in [0.3, 0.4) is 0 Å². The zero-order chi connectivity index (χ0) is 28.2. The van der Waals surface area contributed by atoms with Gasteiger partial charge < -0.3 is 9.84 Å². The van der Waals surface area contributed by atoms with Gasteiger partial charge in [-0.15, -0.1) is 0 Å². The van der Waals surface area contributed by atoms with Gasteiger partial charge in [-0.05, 0) is 85.0 Å². The number of aliphatic hydroxyl groups is 1. The maximum atomic E-state index is 14.2. The Morgan fingerprint density at radius 1 is 0.684 bits per heavy atom. The summed E-state index contributed by atoms with van der Waals surface area (Å²) in [6, 6.07) is 20.3. The molecule has 4 aromatic carbocycles. The van der Waals surface area contributed by atoms with Gasteiger partial charge in [-0.2, -0.15) is 0 Å². The largest absolute Gasteiger partial charge is 0.496 e. The van der Waals surface area contributed by atoms with Crippen molar-refractivity contribution in [3.05, 3.63) is 111 Å². The summed E-state index contributed by atoms with van der Waals surface area (Å²) in [5.74, 6) is 0.00324. The molecule has 1 N–H and O–H groups in total. The summed E-state index contributed by atoms with van der Waals surface area (Å²) < 4.78 is 33.2. The van der Waals surface area contributed by atoms with E-state index in [1.807, 2.05) is 34.6 Å². The predicted molar refractivity (Wildman–Crippen MR) is 154 cm³/mol. The van der Waals surface area contributed by atoms with Crippen LogP contribution in [0.2, 0.25) is 10.0 Å². The maximum Gasteiger partial charge on any atom is 0.131 e. The van der Waals surface area contributed by atoms with E-state index in [4.69, 9.17) is 27.9 Å². The molecule has 1 atom stereocenters. The SMILES string of the molecule is COc1cc(Cl)ccc1-c1cc(C)ccc1F.Cc1ccc(F)c(-c2ccc(Cl)cc2C(O)C(C)(C)C)c1. The number of aliphatic hydroxyl groups excluding tert-OH is 1. The highest BCUT2D eigenvalue weighted by Gasteiger charge is 2.27. The monoisotopic (exact) mass is 556 g/mol. The first kappa shape index (κ1) is 29.6. The average molecular weight is 558 g/mol. The molecule has 4 rings (SSSR count). The highest BCUT2D eigenvalue weighted by molar-refractivity contribution is 6.31. The molecule has 0 saturated carbocycles. The van der Waals surface area contributed by atoms with E-state index in [-0.39, 0.29) is 17.0 Å². The first-order chi connectivity index (χ1) is 17.8. The highest BCUT2D eigenvalue weighted by Crippen LogP contribution is 2.40. The van der Waals surface area contributed by atoms with Crippen LogP contribution in [0.15, 0.2) is 72.8 Å². The number of benzene rings is 4. The summed E-state index contributed by atoms with van der Waals surface area (Å²) in [5, 5.41) is 11.7. The van der Waals surface area contributed by atoms with Gasteiger partial charge in [0.25, 0.3) is 0 Å². The number of rotatable bonds is 4. The minimum atomic E-state index is -0.730. The lowest BCUT2D eigenvalue weighted by Crippen LogP contribution is -2.18. The first-order valence-electron chi connectivity index (χ1n) is 12.2. The third-order valence-corrected chi connectivity index (χ3v) is 6.59. The fraction of sp³-hybridized carbons (Fsp3) is 0.250. The van der Waals surface area contributed by atoms with Crippen LogP contribution in [0.5, 0.6) is 5.75 Å². The van der Waals surface area contributed by atoms with E-state index in [0.29, 0.717) is 43.6 Å². The number of hydrogen-bond acceptors (Lipinski definition) is 2. The van der Waals surface area contributed by atoms with Crippen LogP contribution >= 0.6 is 23.2 Å². The van der Waals surface area contributed by atoms with Crippen molar-refractivity contribution in [2.75, 3.05) is 7.11 Å². The molecule has 0 heterocycles. The quantitative estimate of drug-likeness (QED) is 0.271. The van der Waals surface area contributed by atoms with Crippen molar-refractivity contribution in [3.8, 4) is 28.0 Å². The zero-order valence-electron chi connectivity index (χ0n) is 22.4. The number of methoxy groups -OCH3 is 1. The second-order valence-electron chi connectivity index (χ2n) is 10.3. The lowest BCUT2D eigenvalue weighted by molar-refractivity contribution is 0.0631. The van der Waals surface area contributed by atoms with Crippen LogP contribution in [0.25, 0.3) is 22.3 Å². The fourth-order valence-corrected chi connectivity index (χ4v) is 4.39. The molecule has 2 nitrogen and oxygen atoms in total. The Labute approximate surface area is 233 Å². The number of hydrogen-bond donors (Lipinski definition) is 1. The van der Waals surface area contributed by atoms with E-state index < -0.39 is 6.10 Å². The molecule has 0 aliphatic rings. The van der Waals surface area contributed by atoms with Gasteiger partial charge in [-0.3, -0.25) is 0 Å². The molecular formula is C32H32Cl2F2O2. The Kier molecular flexibility index (Phi) is 9.59. The van der Waals surface area contributed by atoms with E-state index in [2.05, 4.69) is 0 Å². The molecule has 200 valence electrons. The van der Waals surface area contributed by atoms with E-state index in [0.717, 1.165) is 11.1 Å². The van der Waals surface area contributed by atoms with Crippen molar-refractivity contribution in [2.45, 2.75) is 40.7 Å². The summed E-state index contributed by atoms with van der Waals surface area (Å²) in [6.07, 6.45) is -0.730. The minimum absolute atomic E-state index is 0.267. The van der Waals surface area contributed by atoms with Gasteiger partial charge in [0.1, 0.15) is 17.4 Å². The molecule has 0 bridgehead atoms. The van der Waals surface area contributed by atoms with E-state index in [1.165, 1.54) is 12.1 Å². The Morgan fingerprint density at radius 3 is 1.66 bits per heavy atom. The molecule has 0 spiro atoms. The molecule has 0 aliphatic heterocycles. The lowest BCUT2D eigenvalue weighted by atomic mass is 9.81. The third kappa shape index (κ3) is 7.13. The normalized spacial score (nSPS) is 12.0. The molecule has 0 amide bonds. The molecule has 0 saturated heterocycles. The van der Waals surface area contributed by atoms with Gasteiger partial charge in [0, 0.05) is 26.7 Å². The molecule has 0 fully saturated rings. The van der Waals surface area contributed by atoms with Gasteiger partial charge in [0.15, 0.2) is 0 Å². The van der Waals surface area contributed by atoms with Crippen molar-refractivity contribution in [1.29, 1.82) is 0 Å². The van der Waals surface area contributed by atoms with Gasteiger partial charge in [0.05, 0.1) is 13.2 Å². The van der Waals surface area contributed by atoms with Gasteiger partial charge in [-0.1, -0.05) is 73.3 Å². The van der Waals surface area contributed by atoms with Crippen molar-refractivity contribution in [2.24, 2.45) is 5.41 Å². The standard InChI is InChI=1S/C18H20ClFO.C14H12ClFO/c1-11-5-8-16(20)14(9-11)13-7-6-12(19)10-15(13)17(21)18(2,3)4;1-9-3-6-13(16)12(7-9)11-5-4-10(15)8-14(11)17-2/h5-10,17,21H,1-4H3;3-8H,1-2H3. The smallest absolute Gasteiger partial charge is 0.131 e. The van der Waals surface area contributed by atoms with Crippen LogP contribution in [-0.4, -0.2) is 12.2 Å². The Morgan fingerprint density at radius 2 is 1.16 bits per heavy atom. The van der Waals surface area contributed by atoms with E-state index in [9.17, 15) is 13.9 Å². The number of halogens is 4. The molecule has 4 aromatic rings. The van der Waals surface area contributed by atoms with E-state index in [1.54, 1.807) is 67.8 Å². The Hall–Kier alpha value is -2.92. The van der Waals surface area contributed by atoms with Crippen molar-refractivity contribution in [3.63, 3.8) is 0 Å². The topological polar surface area (TPSA) is 29.5 Å². The summed E-state index contributed by atoms with van der Waals surface area (Å²) in [5.41, 5.74) is 4.67. The van der Waals surface area contributed by atoms with Crippen LogP contribution in [0, 0.1) is 30.9 Å². The van der Waals surface area contributed by atoms with Gasteiger partial charge in [0.2, 0.25) is 0 Å². The average Bonchev–Trinajstić information content (AvgIpc) is 2.86. The third-order valence-electron chi connectivity index (χ3n) is 6.12. The van der Waals surface area contributed by atoms with Crippen LogP contribution in [0.4, 0.5) is 8.78 Å². The molecule has 1 unspecified atom stereocenters. The first-order valence-corrected chi connectivity index (χ1v) is 12.9. The Bertz CT molecular complexity index is 1430. The molecular weight excluding hydrogens is 525 g/mol. The summed E-state index contributed by atoms with van der Waals surface area (Å²) in [7, 11) is 1.54. The van der Waals surface area contributed by atoms with E-state index >= 15 is 0 Å². The molecule has 0 aromatic heterocycles. The van der Waals surface area contributed by atoms with Crippen LogP contribution < -0.4 is 4.74 Å². The summed E-state index contributed by atoms with van der Waals surface area (Å²) in [4.78, 5) is 0. The number of aryl methyl sites for hydroxylation is 2. The van der Waals surface area contributed by atoms with Gasteiger partial charge >= 0.3 is 0 Å². The van der Waals surface area contributed by atoms with Crippen molar-refractivity contribution < 1.29 is 18.6 Å². The predicted octanol–water partition coefficient (Wildman–Crippen LogP) is 10.00. The molecule has 6 heteroatoms. The zero-order valence-corrected chi connectivity index (χ0v) is 23.9. The fourth-order valence-electron chi connectivity index (χ4n) is 4.05. The maximum absolute atomic E-state index is 14.2. The minimum Gasteiger partial charge on any atom is -0.496 e. The second-order valence-corrected chi connectivity index (χ2v) is 11.2. The molecule has 0 radical (unpaired) electrons. The van der Waals surface area contributed by atoms with Gasteiger partial charge in [-0.25, -0.2) is 8.78 Å². The number of ether oxygens (including phenoxy) is 1. The van der Waals surface area contributed by atoms with Crippen molar-refractivity contribution >= 4 is 23.2 Å². The lowest BCUT2D eigenvalue weighted by Gasteiger charge is -2.28. The Balaban J connectivity index is 0.000000215.